The van der Waals surface area contributed by atoms with E-state index in [1.807, 2.05) is 6.08 Å². The molecule has 68 valence electrons. The molecule has 6 rings (SSSR count). The molecule has 0 heterocycles. The van der Waals surface area contributed by atoms with Crippen molar-refractivity contribution in [1.82, 2.24) is 0 Å². The van der Waals surface area contributed by atoms with E-state index < -0.39 is 0 Å². The van der Waals surface area contributed by atoms with Crippen molar-refractivity contribution in [1.29, 1.82) is 0 Å². The zero-order valence-electron chi connectivity index (χ0n) is 7.90. The number of nitrogens with two attached hydrogens (primary N) is 1. The average Bonchev–Trinajstić information content (AvgIpc) is 2.18. The first-order chi connectivity index (χ1) is 6.21. The van der Waals surface area contributed by atoms with Gasteiger partial charge in [-0.1, -0.05) is 13.0 Å². The van der Waals surface area contributed by atoms with Gasteiger partial charge in [-0.2, -0.15) is 0 Å². The van der Waals surface area contributed by atoms with E-state index in [1.165, 1.54) is 0 Å². The summed E-state index contributed by atoms with van der Waals surface area (Å²) in [5.41, 5.74) is 7.64. The monoisotopic (exact) mass is 173 g/mol. The van der Waals surface area contributed by atoms with E-state index >= 15 is 0 Å². The molecule has 13 heavy (non-hydrogen) atoms. The molecule has 6 saturated carbocycles. The molecular weight excluding hydrogens is 158 g/mol. The van der Waals surface area contributed by atoms with Crippen LogP contribution >= 0.6 is 0 Å². The molecule has 0 saturated heterocycles. The van der Waals surface area contributed by atoms with Gasteiger partial charge in [0.2, 0.25) is 0 Å². The van der Waals surface area contributed by atoms with Crippen molar-refractivity contribution in [2.75, 3.05) is 0 Å². The van der Waals surface area contributed by atoms with Crippen LogP contribution in [0.5, 0.6) is 0 Å². The molecule has 6 aliphatic rings. The van der Waals surface area contributed by atoms with Gasteiger partial charge >= 0.3 is 0 Å². The SMILES string of the molecule is C=CC(N)C12C3C4C1C1C2C3C41C. The lowest BCUT2D eigenvalue weighted by atomic mass is 8.92. The smallest absolute Gasteiger partial charge is 0.0287 e. The van der Waals surface area contributed by atoms with Crippen LogP contribution in [0.3, 0.4) is 0 Å². The molecule has 6 aliphatic carbocycles. The zero-order chi connectivity index (χ0) is 8.75. The van der Waals surface area contributed by atoms with E-state index in [4.69, 9.17) is 5.73 Å². The molecule has 6 fully saturated rings. The second-order valence-corrected chi connectivity index (χ2v) is 6.28. The minimum absolute atomic E-state index is 0.320. The van der Waals surface area contributed by atoms with Crippen LogP contribution in [0.4, 0.5) is 0 Å². The highest BCUT2D eigenvalue weighted by molar-refractivity contribution is 5.55. The summed E-state index contributed by atoms with van der Waals surface area (Å²) in [5, 5.41) is 0. The van der Waals surface area contributed by atoms with Gasteiger partial charge in [-0.3, -0.25) is 0 Å². The lowest BCUT2D eigenvalue weighted by Crippen LogP contribution is -3.10. The van der Waals surface area contributed by atoms with Crippen molar-refractivity contribution in [3.8, 4) is 0 Å². The molecule has 1 atom stereocenters. The predicted octanol–water partition coefficient (Wildman–Crippen LogP) is 1.26. The van der Waals surface area contributed by atoms with Gasteiger partial charge in [-0.25, -0.2) is 0 Å². The van der Waals surface area contributed by atoms with Gasteiger partial charge in [0.05, 0.1) is 0 Å². The van der Waals surface area contributed by atoms with Crippen molar-refractivity contribution < 1.29 is 0 Å². The van der Waals surface area contributed by atoms with Crippen molar-refractivity contribution in [2.24, 2.45) is 52.1 Å². The molecule has 0 bridgehead atoms. The topological polar surface area (TPSA) is 26.0 Å². The predicted molar refractivity (Wildman–Crippen MR) is 49.7 cm³/mol. The lowest BCUT2D eigenvalue weighted by Gasteiger charge is -3.12. The van der Waals surface area contributed by atoms with Crippen molar-refractivity contribution in [3.05, 3.63) is 12.7 Å². The molecule has 0 spiro atoms. The first-order valence-electron chi connectivity index (χ1n) is 5.60. The summed E-state index contributed by atoms with van der Waals surface area (Å²) in [7, 11) is 0. The quantitative estimate of drug-likeness (QED) is 0.625. The summed E-state index contributed by atoms with van der Waals surface area (Å²) in [6, 6.07) is 0.320. The van der Waals surface area contributed by atoms with Gasteiger partial charge in [0.15, 0.2) is 0 Å². The van der Waals surface area contributed by atoms with E-state index in [-0.39, 0.29) is 0 Å². The molecule has 0 aliphatic heterocycles. The highest BCUT2D eigenvalue weighted by atomic mass is 15.1. The Labute approximate surface area is 78.4 Å². The van der Waals surface area contributed by atoms with E-state index in [2.05, 4.69) is 13.5 Å². The van der Waals surface area contributed by atoms with E-state index in [0.29, 0.717) is 11.5 Å². The maximum absolute atomic E-state index is 6.19. The number of hydrogen-bond donors (Lipinski definition) is 1. The molecule has 2 N–H and O–H groups in total. The Morgan fingerprint density at radius 2 is 1.62 bits per heavy atom. The van der Waals surface area contributed by atoms with Crippen LogP contribution in [0.2, 0.25) is 0 Å². The van der Waals surface area contributed by atoms with E-state index in [9.17, 15) is 0 Å². The fourth-order valence-electron chi connectivity index (χ4n) is 7.02. The Kier molecular flexibility index (Phi) is 0.566. The van der Waals surface area contributed by atoms with Crippen molar-refractivity contribution in [2.45, 2.75) is 13.0 Å². The molecule has 0 radical (unpaired) electrons. The lowest BCUT2D eigenvalue weighted by molar-refractivity contribution is -0.655. The average molecular weight is 173 g/mol. The Bertz CT molecular complexity index is 316. The number of hydrogen-bond acceptors (Lipinski definition) is 1. The second kappa shape index (κ2) is 1.18. The third kappa shape index (κ3) is 0.240. The van der Waals surface area contributed by atoms with Gasteiger partial charge in [0.25, 0.3) is 0 Å². The summed E-state index contributed by atoms with van der Waals surface area (Å²) in [4.78, 5) is 0. The largest absolute Gasteiger partial charge is 0.324 e. The Hall–Kier alpha value is -0.300. The van der Waals surface area contributed by atoms with Crippen LogP contribution in [-0.4, -0.2) is 6.04 Å². The third-order valence-corrected chi connectivity index (χ3v) is 7.04. The molecule has 1 nitrogen and oxygen atoms in total. The second-order valence-electron chi connectivity index (χ2n) is 6.28. The zero-order valence-corrected chi connectivity index (χ0v) is 7.90. The summed E-state index contributed by atoms with van der Waals surface area (Å²) in [6.07, 6.45) is 2.00. The highest BCUT2D eigenvalue weighted by Crippen LogP contribution is 3.10. The summed E-state index contributed by atoms with van der Waals surface area (Å²) < 4.78 is 0. The molecule has 1 unspecified atom stereocenters. The summed E-state index contributed by atoms with van der Waals surface area (Å²) >= 11 is 0. The molecule has 0 aromatic rings. The van der Waals surface area contributed by atoms with Crippen LogP contribution in [0.15, 0.2) is 12.7 Å². The van der Waals surface area contributed by atoms with Crippen LogP contribution < -0.4 is 5.73 Å². The van der Waals surface area contributed by atoms with E-state index in [1.54, 1.807) is 0 Å². The maximum atomic E-state index is 6.19. The van der Waals surface area contributed by atoms with Gasteiger partial charge in [-0.15, -0.1) is 6.58 Å². The minimum atomic E-state index is 0.320. The van der Waals surface area contributed by atoms with Crippen molar-refractivity contribution in [3.63, 3.8) is 0 Å². The van der Waals surface area contributed by atoms with Crippen LogP contribution in [0.25, 0.3) is 0 Å². The van der Waals surface area contributed by atoms with E-state index in [0.717, 1.165) is 40.9 Å². The summed E-state index contributed by atoms with van der Waals surface area (Å²) in [6.45, 7) is 6.40. The normalized spacial score (nSPS) is 84.8. The molecule has 0 aromatic heterocycles. The number of rotatable bonds is 2. The molecular formula is C12H15N. The molecule has 0 aromatic carbocycles. The van der Waals surface area contributed by atoms with Crippen LogP contribution in [0.1, 0.15) is 6.92 Å². The van der Waals surface area contributed by atoms with Gasteiger partial charge in [0, 0.05) is 6.04 Å². The maximum Gasteiger partial charge on any atom is 0.0287 e. The van der Waals surface area contributed by atoms with Crippen LogP contribution in [-0.2, 0) is 0 Å². The Balaban J connectivity index is 1.65. The minimum Gasteiger partial charge on any atom is -0.324 e. The first kappa shape index (κ1) is 6.23. The van der Waals surface area contributed by atoms with Gasteiger partial charge in [0.1, 0.15) is 0 Å². The van der Waals surface area contributed by atoms with Crippen molar-refractivity contribution >= 4 is 0 Å². The third-order valence-electron chi connectivity index (χ3n) is 7.04. The van der Waals surface area contributed by atoms with Gasteiger partial charge < -0.3 is 5.73 Å². The molecule has 0 amide bonds. The fourth-order valence-corrected chi connectivity index (χ4v) is 7.02. The Morgan fingerprint density at radius 1 is 1.15 bits per heavy atom. The summed E-state index contributed by atoms with van der Waals surface area (Å²) in [5.74, 6) is 6.47. The molecule has 1 heteroatoms. The Morgan fingerprint density at radius 3 is 2.00 bits per heavy atom. The fraction of sp³-hybridized carbons (Fsp3) is 0.833. The first-order valence-corrected chi connectivity index (χ1v) is 5.60. The van der Waals surface area contributed by atoms with Crippen LogP contribution in [0, 0.1) is 46.3 Å². The standard InChI is InChI=1S/C12H15N/c1-3-4(13)12-8-5-9(12)7-10(12)6(8)11(5,7)2/h3-10H,1,13H2,2H3. The highest BCUT2D eigenvalue weighted by Gasteiger charge is 3.08. The van der Waals surface area contributed by atoms with Gasteiger partial charge in [-0.05, 0) is 46.3 Å².